The van der Waals surface area contributed by atoms with Crippen LogP contribution < -0.4 is 10.2 Å². The maximum absolute atomic E-state index is 13.1. The summed E-state index contributed by atoms with van der Waals surface area (Å²) in [7, 11) is 0. The van der Waals surface area contributed by atoms with Gasteiger partial charge in [-0.3, -0.25) is 9.78 Å². The van der Waals surface area contributed by atoms with Crippen molar-refractivity contribution < 1.29 is 4.79 Å². The Balaban J connectivity index is 1.29. The Morgan fingerprint density at radius 2 is 2.03 bits per heavy atom. The summed E-state index contributed by atoms with van der Waals surface area (Å²) in [4.78, 5) is 32.8. The van der Waals surface area contributed by atoms with Gasteiger partial charge in [-0.25, -0.2) is 9.97 Å². The van der Waals surface area contributed by atoms with Gasteiger partial charge in [0.05, 0.1) is 10.9 Å². The zero-order chi connectivity index (χ0) is 22.6. The molecule has 1 amide bonds. The second-order valence-electron chi connectivity index (χ2n) is 9.90. The van der Waals surface area contributed by atoms with Crippen LogP contribution in [-0.4, -0.2) is 45.0 Å². The number of carbonyl (C=O) groups excluding carboxylic acids is 1. The van der Waals surface area contributed by atoms with E-state index in [1.165, 1.54) is 12.8 Å². The number of hydrogen-bond donors (Lipinski definition) is 2. The number of nitrogens with zero attached hydrogens (tertiary/aromatic N) is 4. The van der Waals surface area contributed by atoms with Gasteiger partial charge in [0.15, 0.2) is 0 Å². The number of nitrogens with one attached hydrogen (secondary N) is 2. The third-order valence-corrected chi connectivity index (χ3v) is 7.18. The predicted octanol–water partition coefficient (Wildman–Crippen LogP) is 4.42. The second kappa shape index (κ2) is 7.54. The number of hydrogen-bond acceptors (Lipinski definition) is 5. The van der Waals surface area contributed by atoms with Crippen LogP contribution in [0.15, 0.2) is 48.9 Å². The van der Waals surface area contributed by atoms with E-state index in [9.17, 15) is 4.79 Å². The number of fused-ring (bicyclic) bond motifs is 2. The summed E-state index contributed by atoms with van der Waals surface area (Å²) in [6.07, 6.45) is 8.97. The van der Waals surface area contributed by atoms with E-state index in [1.54, 1.807) is 12.4 Å². The van der Waals surface area contributed by atoms with E-state index in [1.807, 2.05) is 30.5 Å². The number of rotatable bonds is 5. The van der Waals surface area contributed by atoms with Gasteiger partial charge >= 0.3 is 0 Å². The number of pyridine rings is 1. The smallest absolute Gasteiger partial charge is 0.253 e. The van der Waals surface area contributed by atoms with Crippen molar-refractivity contribution in [2.24, 2.45) is 5.41 Å². The summed E-state index contributed by atoms with van der Waals surface area (Å²) in [6, 6.07) is 10.1. The molecule has 7 heteroatoms. The Morgan fingerprint density at radius 3 is 2.85 bits per heavy atom. The molecule has 1 aromatic carbocycles. The molecular formula is C26H28N6O. The number of carbonyl (C=O) groups is 1. The van der Waals surface area contributed by atoms with Gasteiger partial charge in [0.1, 0.15) is 17.3 Å². The number of amides is 1. The Morgan fingerprint density at radius 1 is 1.18 bits per heavy atom. The van der Waals surface area contributed by atoms with Crippen molar-refractivity contribution in [1.29, 1.82) is 0 Å². The normalized spacial score (nSPS) is 19.1. The van der Waals surface area contributed by atoms with Crippen molar-refractivity contribution in [1.82, 2.24) is 25.3 Å². The van der Waals surface area contributed by atoms with Crippen LogP contribution in [0, 0.1) is 5.41 Å². The molecule has 2 aliphatic rings. The minimum Gasteiger partial charge on any atom is -0.351 e. The van der Waals surface area contributed by atoms with Gasteiger partial charge in [-0.1, -0.05) is 38.1 Å². The molecule has 0 radical (unpaired) electrons. The highest BCUT2D eigenvalue weighted by Crippen LogP contribution is 2.55. The van der Waals surface area contributed by atoms with Crippen LogP contribution in [0.25, 0.3) is 21.8 Å². The topological polar surface area (TPSA) is 86.8 Å². The molecule has 1 atom stereocenters. The monoisotopic (exact) mass is 440 g/mol. The first kappa shape index (κ1) is 20.1. The fourth-order valence-electron chi connectivity index (χ4n) is 5.16. The SMILES string of the molecule is CC(C)c1nc(N2CC3(CC3)CC2CNC(=O)c2cncc3ccccc23)c2cc[nH]c2n1. The summed E-state index contributed by atoms with van der Waals surface area (Å²) < 4.78 is 0. The summed E-state index contributed by atoms with van der Waals surface area (Å²) in [6.45, 7) is 5.81. The lowest BCUT2D eigenvalue weighted by atomic mass is 10.0. The number of benzene rings is 1. The van der Waals surface area contributed by atoms with Gasteiger partial charge in [0, 0.05) is 49.0 Å². The van der Waals surface area contributed by atoms with Gasteiger partial charge in [-0.15, -0.1) is 0 Å². The van der Waals surface area contributed by atoms with Crippen molar-refractivity contribution in [3.8, 4) is 0 Å². The van der Waals surface area contributed by atoms with Crippen molar-refractivity contribution in [3.05, 3.63) is 60.3 Å². The molecule has 7 nitrogen and oxygen atoms in total. The van der Waals surface area contributed by atoms with E-state index < -0.39 is 0 Å². The highest BCUT2D eigenvalue weighted by molar-refractivity contribution is 6.06. The number of H-pyrrole nitrogens is 1. The van der Waals surface area contributed by atoms with E-state index in [-0.39, 0.29) is 17.9 Å². The second-order valence-corrected chi connectivity index (χ2v) is 9.90. The molecule has 1 aliphatic carbocycles. The van der Waals surface area contributed by atoms with Crippen LogP contribution in [0.5, 0.6) is 0 Å². The molecule has 33 heavy (non-hydrogen) atoms. The highest BCUT2D eigenvalue weighted by atomic mass is 16.1. The third-order valence-electron chi connectivity index (χ3n) is 7.18. The fourth-order valence-corrected chi connectivity index (χ4v) is 5.16. The first-order chi connectivity index (χ1) is 16.0. The van der Waals surface area contributed by atoms with Crippen molar-refractivity contribution >= 4 is 33.5 Å². The molecule has 1 saturated heterocycles. The average molecular weight is 441 g/mol. The summed E-state index contributed by atoms with van der Waals surface area (Å²) >= 11 is 0. The van der Waals surface area contributed by atoms with E-state index in [2.05, 4.69) is 40.1 Å². The van der Waals surface area contributed by atoms with Gasteiger partial charge in [0.2, 0.25) is 0 Å². The third kappa shape index (κ3) is 3.52. The molecule has 1 unspecified atom stereocenters. The largest absolute Gasteiger partial charge is 0.351 e. The number of aromatic nitrogens is 4. The summed E-state index contributed by atoms with van der Waals surface area (Å²) in [5.41, 5.74) is 1.86. The standard InChI is InChI=1S/C26H28N6O/c1-16(2)22-30-23-20(7-10-28-23)24(31-22)32-15-26(8-9-26)11-18(32)13-29-25(33)21-14-27-12-17-5-3-4-6-19(17)21/h3-7,10,12,14,16,18H,8-9,11,13,15H2,1-2H3,(H,29,33)(H,28,30,31). The van der Waals surface area contributed by atoms with Crippen molar-refractivity contribution in [2.45, 2.75) is 45.1 Å². The maximum Gasteiger partial charge on any atom is 0.253 e. The predicted molar refractivity (Wildman–Crippen MR) is 129 cm³/mol. The fraction of sp³-hybridized carbons (Fsp3) is 0.385. The summed E-state index contributed by atoms with van der Waals surface area (Å²) in [5.74, 6) is 2.00. The van der Waals surface area contributed by atoms with Crippen LogP contribution in [0.4, 0.5) is 5.82 Å². The maximum atomic E-state index is 13.1. The van der Waals surface area contributed by atoms with Gasteiger partial charge in [-0.05, 0) is 36.1 Å². The number of anilines is 1. The molecule has 0 bridgehead atoms. The van der Waals surface area contributed by atoms with Crippen LogP contribution in [-0.2, 0) is 0 Å². The van der Waals surface area contributed by atoms with Crippen molar-refractivity contribution in [2.75, 3.05) is 18.0 Å². The Bertz CT molecular complexity index is 1350. The average Bonchev–Trinajstić information content (AvgIpc) is 3.25. The lowest BCUT2D eigenvalue weighted by Crippen LogP contribution is -2.41. The van der Waals surface area contributed by atoms with Gasteiger partial charge < -0.3 is 15.2 Å². The first-order valence-corrected chi connectivity index (χ1v) is 11.8. The molecule has 6 rings (SSSR count). The van der Waals surface area contributed by atoms with Crippen molar-refractivity contribution in [3.63, 3.8) is 0 Å². The lowest BCUT2D eigenvalue weighted by molar-refractivity contribution is 0.0952. The lowest BCUT2D eigenvalue weighted by Gasteiger charge is -2.27. The molecule has 2 fully saturated rings. The highest BCUT2D eigenvalue weighted by Gasteiger charge is 2.52. The van der Waals surface area contributed by atoms with E-state index in [0.29, 0.717) is 17.5 Å². The molecule has 1 saturated carbocycles. The minimum atomic E-state index is -0.0756. The van der Waals surface area contributed by atoms with E-state index in [0.717, 1.165) is 46.4 Å². The van der Waals surface area contributed by atoms with E-state index in [4.69, 9.17) is 9.97 Å². The zero-order valence-corrected chi connectivity index (χ0v) is 19.0. The molecule has 4 aromatic rings. The molecule has 4 heterocycles. The first-order valence-electron chi connectivity index (χ1n) is 11.8. The molecule has 3 aromatic heterocycles. The van der Waals surface area contributed by atoms with Crippen LogP contribution >= 0.6 is 0 Å². The quantitative estimate of drug-likeness (QED) is 0.480. The Hall–Kier alpha value is -3.48. The zero-order valence-electron chi connectivity index (χ0n) is 19.0. The van der Waals surface area contributed by atoms with Crippen LogP contribution in [0.3, 0.4) is 0 Å². The summed E-state index contributed by atoms with van der Waals surface area (Å²) in [5, 5.41) is 6.16. The molecule has 168 valence electrons. The van der Waals surface area contributed by atoms with Crippen LogP contribution in [0.2, 0.25) is 0 Å². The molecule has 1 aliphatic heterocycles. The van der Waals surface area contributed by atoms with Crippen LogP contribution in [0.1, 0.15) is 55.2 Å². The van der Waals surface area contributed by atoms with E-state index >= 15 is 0 Å². The van der Waals surface area contributed by atoms with Gasteiger partial charge in [-0.2, -0.15) is 0 Å². The molecule has 2 N–H and O–H groups in total. The Kier molecular flexibility index (Phi) is 4.60. The molecule has 1 spiro atoms. The Labute approximate surface area is 192 Å². The van der Waals surface area contributed by atoms with Gasteiger partial charge in [0.25, 0.3) is 5.91 Å². The minimum absolute atomic E-state index is 0.0756. The number of aromatic amines is 1. The molecular weight excluding hydrogens is 412 g/mol.